The number of nitrogens with two attached hydrogens (primary N) is 1. The van der Waals surface area contributed by atoms with Crippen molar-refractivity contribution in [1.29, 1.82) is 0 Å². The average Bonchev–Trinajstić information content (AvgIpc) is 3.95. The largest absolute Gasteiger partial charge is 0.493 e. The maximum Gasteiger partial charge on any atom is 0.272 e. The molecule has 0 unspecified atom stereocenters. The second-order valence-electron chi connectivity index (χ2n) is 15.2. The molecule has 3 aromatic heterocycles. The first-order valence-electron chi connectivity index (χ1n) is 19.4. The zero-order valence-corrected chi connectivity index (χ0v) is 33.6. The van der Waals surface area contributed by atoms with Crippen molar-refractivity contribution >= 4 is 58.4 Å². The van der Waals surface area contributed by atoms with E-state index in [1.807, 2.05) is 19.1 Å². The molecule has 1 atom stereocenters. The van der Waals surface area contributed by atoms with Gasteiger partial charge in [-0.2, -0.15) is 0 Å². The molecular weight excluding hydrogens is 751 g/mol. The van der Waals surface area contributed by atoms with Crippen LogP contribution in [0.5, 0.6) is 5.75 Å². The van der Waals surface area contributed by atoms with E-state index in [4.69, 9.17) is 10.5 Å². The number of ether oxygens (including phenoxy) is 1. The highest BCUT2D eigenvalue weighted by atomic mass is 16.5. The summed E-state index contributed by atoms with van der Waals surface area (Å²) >= 11 is 0. The van der Waals surface area contributed by atoms with Crippen LogP contribution in [0.4, 0.5) is 22.9 Å². The number of benzene rings is 2. The number of aliphatic imine (C=N–C) groups is 1. The highest BCUT2D eigenvalue weighted by Gasteiger charge is 2.34. The van der Waals surface area contributed by atoms with Gasteiger partial charge in [-0.05, 0) is 73.2 Å². The van der Waals surface area contributed by atoms with Gasteiger partial charge in [-0.3, -0.25) is 29.0 Å². The first kappa shape index (κ1) is 40.2. The summed E-state index contributed by atoms with van der Waals surface area (Å²) in [4.78, 5) is 76.3. The molecular formula is C44H47N9O6. The molecule has 304 valence electrons. The number of fused-ring (bicyclic) bond motifs is 2. The van der Waals surface area contributed by atoms with Gasteiger partial charge in [-0.15, -0.1) is 0 Å². The molecule has 2 aliphatic heterocycles. The minimum Gasteiger partial charge on any atom is -0.493 e. The number of carbonyl (C=O) groups excluding carboxylic acids is 5. The van der Waals surface area contributed by atoms with Crippen molar-refractivity contribution in [2.45, 2.75) is 51.5 Å². The average molecular weight is 798 g/mol. The molecule has 2 aliphatic rings. The van der Waals surface area contributed by atoms with Crippen molar-refractivity contribution in [3.05, 3.63) is 119 Å². The van der Waals surface area contributed by atoms with Crippen molar-refractivity contribution in [3.8, 4) is 5.75 Å². The van der Waals surface area contributed by atoms with E-state index in [1.165, 1.54) is 0 Å². The molecule has 0 spiro atoms. The predicted octanol–water partition coefficient (Wildman–Crippen LogP) is 5.77. The molecule has 59 heavy (non-hydrogen) atoms. The van der Waals surface area contributed by atoms with Gasteiger partial charge in [0.05, 0.1) is 35.3 Å². The molecule has 15 nitrogen and oxygen atoms in total. The van der Waals surface area contributed by atoms with Crippen LogP contribution in [0.2, 0.25) is 0 Å². The van der Waals surface area contributed by atoms with E-state index in [9.17, 15) is 24.0 Å². The molecule has 4 N–H and O–H groups in total. The summed E-state index contributed by atoms with van der Waals surface area (Å²) in [6.45, 7) is 6.69. The van der Waals surface area contributed by atoms with Crippen LogP contribution in [-0.2, 0) is 38.8 Å². The highest BCUT2D eigenvalue weighted by Crippen LogP contribution is 2.35. The van der Waals surface area contributed by atoms with Crippen molar-refractivity contribution in [3.63, 3.8) is 0 Å². The Bertz CT molecular complexity index is 2520. The lowest BCUT2D eigenvalue weighted by molar-refractivity contribution is -0.116. The number of carbonyl (C=O) groups is 5. The zero-order chi connectivity index (χ0) is 42.0. The van der Waals surface area contributed by atoms with Crippen LogP contribution in [0.25, 0.3) is 0 Å². The minimum absolute atomic E-state index is 0.0229. The number of aryl methyl sites for hydroxylation is 5. The number of hydrogen-bond acceptors (Lipinski definition) is 9. The van der Waals surface area contributed by atoms with Gasteiger partial charge in [0.1, 0.15) is 11.4 Å². The summed E-state index contributed by atoms with van der Waals surface area (Å²) < 4.78 is 10.9. The van der Waals surface area contributed by atoms with E-state index >= 15 is 0 Å². The van der Waals surface area contributed by atoms with Crippen molar-refractivity contribution < 1.29 is 28.7 Å². The standard InChI is InChI=1S/C44H47N9O6/c1-26-15-32-21-46-34-20-39(27(2)16-33(34)44(58)53(32)22-26)59-14-6-7-41(56)48-40-25-52(5)42(49-40)38(55)18-29-17-36(50(3)23-29)43(57)47-31-19-35(51(4)24-31)37(54)13-10-28-8-11-30(45)12-9-28/h8-9,11-12,16-17,19-21,23-25,32H,1,6-7,10,13-15,18,22,45H2,2-5H3,(H,47,57)(H,48,56)/t32-/m0/s1. The van der Waals surface area contributed by atoms with Gasteiger partial charge in [-0.1, -0.05) is 24.3 Å². The molecule has 0 aliphatic carbocycles. The van der Waals surface area contributed by atoms with Crippen LogP contribution in [0.1, 0.15) is 84.3 Å². The molecule has 2 aromatic carbocycles. The Hall–Kier alpha value is -7.03. The predicted molar refractivity (Wildman–Crippen MR) is 225 cm³/mol. The van der Waals surface area contributed by atoms with E-state index in [0.717, 1.165) is 16.7 Å². The monoisotopic (exact) mass is 797 g/mol. The number of anilines is 3. The highest BCUT2D eigenvalue weighted by molar-refractivity contribution is 6.05. The lowest BCUT2D eigenvalue weighted by Crippen LogP contribution is -2.35. The van der Waals surface area contributed by atoms with Gasteiger partial charge in [0.15, 0.2) is 17.4 Å². The number of nitrogens with one attached hydrogen (secondary N) is 2. The fourth-order valence-electron chi connectivity index (χ4n) is 7.42. The quantitative estimate of drug-likeness (QED) is 0.0516. The number of amides is 3. The number of rotatable bonds is 15. The fourth-order valence-corrected chi connectivity index (χ4v) is 7.42. The topological polar surface area (TPSA) is 188 Å². The Kier molecular flexibility index (Phi) is 11.5. The number of nitrogens with zero attached hydrogens (tertiary/aromatic N) is 6. The lowest BCUT2D eigenvalue weighted by atomic mass is 10.1. The summed E-state index contributed by atoms with van der Waals surface area (Å²) in [5.74, 6) is -0.0978. The Balaban J connectivity index is 0.882. The van der Waals surface area contributed by atoms with Gasteiger partial charge in [0.2, 0.25) is 11.7 Å². The van der Waals surface area contributed by atoms with E-state index in [2.05, 4.69) is 27.2 Å². The van der Waals surface area contributed by atoms with Crippen LogP contribution >= 0.6 is 0 Å². The van der Waals surface area contributed by atoms with E-state index in [0.29, 0.717) is 77.6 Å². The zero-order valence-electron chi connectivity index (χ0n) is 33.6. The first-order valence-corrected chi connectivity index (χ1v) is 19.4. The van der Waals surface area contributed by atoms with Gasteiger partial charge in [0.25, 0.3) is 11.8 Å². The summed E-state index contributed by atoms with van der Waals surface area (Å²) in [6.07, 6.45) is 8.89. The lowest BCUT2D eigenvalue weighted by Gasteiger charge is -2.20. The van der Waals surface area contributed by atoms with Gasteiger partial charge >= 0.3 is 0 Å². The molecule has 5 heterocycles. The van der Waals surface area contributed by atoms with Crippen LogP contribution in [0.3, 0.4) is 0 Å². The maximum atomic E-state index is 13.3. The third-order valence-corrected chi connectivity index (χ3v) is 10.5. The number of imidazole rings is 1. The molecule has 0 bridgehead atoms. The third kappa shape index (κ3) is 9.09. The number of hydrogen-bond donors (Lipinski definition) is 3. The molecule has 3 amide bonds. The minimum atomic E-state index is -0.392. The Morgan fingerprint density at radius 1 is 0.898 bits per heavy atom. The summed E-state index contributed by atoms with van der Waals surface area (Å²) in [6, 6.07) is 14.2. The Morgan fingerprint density at radius 2 is 1.66 bits per heavy atom. The fraction of sp³-hybridized carbons (Fsp3) is 0.295. The molecule has 1 fully saturated rings. The normalized spacial score (nSPS) is 14.5. The Labute approximate surface area is 341 Å². The smallest absolute Gasteiger partial charge is 0.272 e. The van der Waals surface area contributed by atoms with Gasteiger partial charge < -0.3 is 39.7 Å². The van der Waals surface area contributed by atoms with E-state index in [1.54, 1.807) is 101 Å². The van der Waals surface area contributed by atoms with Crippen LogP contribution < -0.4 is 21.1 Å². The maximum absolute atomic E-state index is 13.3. The van der Waals surface area contributed by atoms with Gasteiger partial charge in [-0.25, -0.2) is 4.98 Å². The summed E-state index contributed by atoms with van der Waals surface area (Å²) in [5, 5.41) is 5.62. The van der Waals surface area contributed by atoms with Gasteiger partial charge in [0, 0.05) is 83.5 Å². The second-order valence-corrected chi connectivity index (χ2v) is 15.2. The second kappa shape index (κ2) is 16.8. The molecule has 5 aromatic rings. The van der Waals surface area contributed by atoms with E-state index in [-0.39, 0.29) is 60.5 Å². The van der Waals surface area contributed by atoms with E-state index < -0.39 is 5.91 Å². The molecule has 0 radical (unpaired) electrons. The van der Waals surface area contributed by atoms with Crippen LogP contribution in [0.15, 0.2) is 84.3 Å². The van der Waals surface area contributed by atoms with Crippen molar-refractivity contribution in [1.82, 2.24) is 23.6 Å². The summed E-state index contributed by atoms with van der Waals surface area (Å²) in [5.41, 5.74) is 12.2. The molecule has 15 heteroatoms. The first-order chi connectivity index (χ1) is 28.2. The Morgan fingerprint density at radius 3 is 2.44 bits per heavy atom. The number of Topliss-reactive ketones (excluding diaryl/α,β-unsaturated/α-hetero) is 2. The number of nitrogen functional groups attached to an aromatic ring is 1. The van der Waals surface area contributed by atoms with Crippen molar-refractivity contribution in [2.75, 3.05) is 29.5 Å². The number of ketones is 2. The SMILES string of the molecule is C=C1C[C@H]2C=Nc3cc(OCCCC(=O)Nc4cn(C)c(C(=O)Cc5cc(C(=O)Nc6cc(C(=O)CCc7ccc(N)cc7)n(C)c6)n(C)c5)n4)c(C)cc3C(=O)N2C1. The molecule has 0 saturated carbocycles. The molecule has 1 saturated heterocycles. The van der Waals surface area contributed by atoms with Crippen LogP contribution in [0, 0.1) is 6.92 Å². The van der Waals surface area contributed by atoms with Crippen LogP contribution in [-0.4, -0.2) is 78.3 Å². The summed E-state index contributed by atoms with van der Waals surface area (Å²) in [7, 11) is 5.14. The van der Waals surface area contributed by atoms with Crippen molar-refractivity contribution in [2.24, 2.45) is 26.1 Å². The number of aromatic nitrogens is 4. The third-order valence-electron chi connectivity index (χ3n) is 10.5. The molecule has 7 rings (SSSR count).